The molecule has 0 amide bonds. The molecule has 7 nitrogen and oxygen atoms in total. The van der Waals surface area contributed by atoms with Gasteiger partial charge in [0.2, 0.25) is 14.8 Å². The summed E-state index contributed by atoms with van der Waals surface area (Å²) in [6, 6.07) is 9.36. The number of carbonyl (C=O) groups is 1. The third-order valence-corrected chi connectivity index (χ3v) is 6.88. The van der Waals surface area contributed by atoms with Gasteiger partial charge in [0.1, 0.15) is 18.3 Å². The molecule has 1 radical (unpaired) electrons. The van der Waals surface area contributed by atoms with Crippen molar-refractivity contribution in [2.75, 3.05) is 20.3 Å². The molecule has 1 fully saturated rings. The van der Waals surface area contributed by atoms with Crippen molar-refractivity contribution in [1.82, 2.24) is 0 Å². The van der Waals surface area contributed by atoms with Gasteiger partial charge < -0.3 is 28.8 Å². The average Bonchev–Trinajstić information content (AvgIpc) is 2.90. The van der Waals surface area contributed by atoms with Crippen molar-refractivity contribution < 1.29 is 33.6 Å². The lowest BCUT2D eigenvalue weighted by molar-refractivity contribution is -0.278. The monoisotopic (exact) mass is 495 g/mol. The van der Waals surface area contributed by atoms with Gasteiger partial charge in [-0.3, -0.25) is 4.79 Å². The Kier molecular flexibility index (Phi) is 9.16. The van der Waals surface area contributed by atoms with E-state index in [-0.39, 0.29) is 25.6 Å². The molecule has 193 valence electrons. The third-order valence-electron chi connectivity index (χ3n) is 6.16. The number of hydrogen-bond acceptors (Lipinski definition) is 7. The van der Waals surface area contributed by atoms with Crippen molar-refractivity contribution in [2.45, 2.75) is 84.7 Å². The van der Waals surface area contributed by atoms with E-state index in [4.69, 9.17) is 18.6 Å². The highest BCUT2D eigenvalue weighted by molar-refractivity contribution is 6.48. The Bertz CT molecular complexity index is 802. The molecule has 1 aromatic carbocycles. The smallest absolute Gasteiger partial charge is 0.311 e. The Morgan fingerprint density at radius 2 is 1.71 bits per heavy atom. The zero-order valence-corrected chi connectivity index (χ0v) is 23.2. The van der Waals surface area contributed by atoms with Crippen LogP contribution in [0.5, 0.6) is 0 Å². The molecule has 1 heterocycles. The maximum Gasteiger partial charge on any atom is 0.311 e. The maximum absolute atomic E-state index is 12.6. The fraction of sp³-hybridized carbons (Fsp3) is 0.731. The first-order valence-electron chi connectivity index (χ1n) is 11.8. The molecule has 2 N–H and O–H groups in total. The minimum absolute atomic E-state index is 0.0425. The summed E-state index contributed by atoms with van der Waals surface area (Å²) >= 11 is 0. The molecule has 0 spiro atoms. The predicted octanol–water partition coefficient (Wildman–Crippen LogP) is 3.58. The molecule has 1 aliphatic heterocycles. The summed E-state index contributed by atoms with van der Waals surface area (Å²) in [6.45, 7) is 15.2. The molecule has 1 aromatic rings. The third kappa shape index (κ3) is 6.47. The van der Waals surface area contributed by atoms with Crippen LogP contribution in [0.1, 0.15) is 47.1 Å². The van der Waals surface area contributed by atoms with E-state index in [1.54, 1.807) is 20.8 Å². The molecule has 8 heteroatoms. The van der Waals surface area contributed by atoms with E-state index in [2.05, 4.69) is 0 Å². The van der Waals surface area contributed by atoms with Gasteiger partial charge in [-0.05, 0) is 44.8 Å². The first-order valence-corrected chi connectivity index (χ1v) is 14.3. The number of rotatable bonds is 9. The second kappa shape index (κ2) is 10.8. The molecule has 0 aliphatic carbocycles. The highest BCUT2D eigenvalue weighted by atomic mass is 28.3. The van der Waals surface area contributed by atoms with E-state index in [9.17, 15) is 15.0 Å². The van der Waals surface area contributed by atoms with E-state index in [0.29, 0.717) is 0 Å². The highest BCUT2D eigenvalue weighted by Gasteiger charge is 2.68. The molecule has 34 heavy (non-hydrogen) atoms. The zero-order chi connectivity index (χ0) is 25.9. The fourth-order valence-electron chi connectivity index (χ4n) is 4.49. The minimum Gasteiger partial charge on any atom is -0.463 e. The largest absolute Gasteiger partial charge is 0.463 e. The van der Waals surface area contributed by atoms with Crippen LogP contribution in [-0.2, 0) is 29.9 Å². The van der Waals surface area contributed by atoms with E-state index in [1.165, 1.54) is 7.11 Å². The normalized spacial score (nSPS) is 28.8. The quantitative estimate of drug-likeness (QED) is 0.399. The predicted molar refractivity (Wildman–Crippen MR) is 133 cm³/mol. The summed E-state index contributed by atoms with van der Waals surface area (Å²) in [5.41, 5.74) is -2.11. The topological polar surface area (TPSA) is 94.5 Å². The van der Waals surface area contributed by atoms with Crippen molar-refractivity contribution >= 4 is 15.0 Å². The Labute approximate surface area is 206 Å². The Hall–Kier alpha value is -1.29. The van der Waals surface area contributed by atoms with Crippen LogP contribution in [0.15, 0.2) is 30.3 Å². The maximum atomic E-state index is 12.6. The summed E-state index contributed by atoms with van der Waals surface area (Å²) in [5, 5.41) is 24.0. The lowest BCUT2D eigenvalue weighted by Crippen LogP contribution is -2.62. The summed E-state index contributed by atoms with van der Waals surface area (Å²) in [7, 11) is 0.293. The summed E-state index contributed by atoms with van der Waals surface area (Å²) in [4.78, 5) is 12.6. The van der Waals surface area contributed by atoms with Gasteiger partial charge in [0.05, 0.1) is 24.0 Å². The lowest BCUT2D eigenvalue weighted by atomic mass is 9.69. The van der Waals surface area contributed by atoms with Gasteiger partial charge >= 0.3 is 5.97 Å². The van der Waals surface area contributed by atoms with E-state index in [0.717, 1.165) is 5.56 Å². The minimum atomic E-state index is -1.98. The van der Waals surface area contributed by atoms with Crippen molar-refractivity contribution in [2.24, 2.45) is 16.7 Å². The Morgan fingerprint density at radius 1 is 1.12 bits per heavy atom. The molecule has 0 aromatic heterocycles. The second-order valence-electron chi connectivity index (χ2n) is 11.6. The number of hydrogen-bond donors (Lipinski definition) is 2. The molecule has 1 aliphatic rings. The lowest BCUT2D eigenvalue weighted by Gasteiger charge is -2.45. The van der Waals surface area contributed by atoms with Crippen LogP contribution >= 0.6 is 0 Å². The van der Waals surface area contributed by atoms with E-state index >= 15 is 0 Å². The van der Waals surface area contributed by atoms with Gasteiger partial charge in [0, 0.05) is 13.5 Å². The second-order valence-corrected chi connectivity index (χ2v) is 13.7. The van der Waals surface area contributed by atoms with Crippen LogP contribution < -0.4 is 0 Å². The van der Waals surface area contributed by atoms with Gasteiger partial charge in [-0.2, -0.15) is 0 Å². The van der Waals surface area contributed by atoms with Gasteiger partial charge in [-0.25, -0.2) is 0 Å². The van der Waals surface area contributed by atoms with Crippen LogP contribution in [0.25, 0.3) is 0 Å². The summed E-state index contributed by atoms with van der Waals surface area (Å²) < 4.78 is 23.7. The van der Waals surface area contributed by atoms with Gasteiger partial charge in [-0.15, -0.1) is 0 Å². The summed E-state index contributed by atoms with van der Waals surface area (Å²) in [6.07, 6.45) is -1.24. The molecule has 1 saturated heterocycles. The molecular weight excluding hydrogens is 452 g/mol. The van der Waals surface area contributed by atoms with E-state index < -0.39 is 49.4 Å². The SMILES string of the molecule is COC[C@@]1(O)[C@@H](C(O[Si](C)C)C(C)(C)C)[C@@H](COC(=O)C(C)(C)C)O[C@@]1(O)Cc1ccccc1. The summed E-state index contributed by atoms with van der Waals surface area (Å²) in [5.74, 6) is -3.07. The van der Waals surface area contributed by atoms with E-state index in [1.807, 2.05) is 64.2 Å². The van der Waals surface area contributed by atoms with Gasteiger partial charge in [-0.1, -0.05) is 51.1 Å². The zero-order valence-electron chi connectivity index (χ0n) is 22.2. The van der Waals surface area contributed by atoms with Crippen LogP contribution in [-0.4, -0.2) is 69.1 Å². The molecule has 5 atom stereocenters. The molecule has 0 saturated carbocycles. The number of esters is 1. The highest BCUT2D eigenvalue weighted by Crippen LogP contribution is 2.50. The number of ether oxygens (including phenoxy) is 3. The molecule has 2 rings (SSSR count). The first kappa shape index (κ1) is 28.9. The standard InChI is InChI=1S/C26H43O7Si/c1-23(2,3)21(33-34(8)9)20-19(16-31-22(27)24(4,5)6)32-26(29,25(20,28)17-30-7)15-18-13-11-10-12-14-18/h10-14,19-21,28-29H,15-17H2,1-9H3/t19-,20-,21?,25-,26+/m1/s1. The van der Waals surface area contributed by atoms with Crippen molar-refractivity contribution in [3.8, 4) is 0 Å². The fourth-order valence-corrected chi connectivity index (χ4v) is 5.50. The average molecular weight is 496 g/mol. The number of benzene rings is 1. The van der Waals surface area contributed by atoms with Crippen molar-refractivity contribution in [1.29, 1.82) is 0 Å². The van der Waals surface area contributed by atoms with Crippen LogP contribution in [0.2, 0.25) is 13.1 Å². The van der Waals surface area contributed by atoms with Gasteiger partial charge in [0.15, 0.2) is 0 Å². The van der Waals surface area contributed by atoms with Crippen LogP contribution in [0.3, 0.4) is 0 Å². The van der Waals surface area contributed by atoms with Crippen molar-refractivity contribution in [3.05, 3.63) is 35.9 Å². The Balaban J connectivity index is 2.57. The molecular formula is C26H43O7Si. The first-order chi connectivity index (χ1) is 15.5. The number of methoxy groups -OCH3 is 1. The van der Waals surface area contributed by atoms with Crippen LogP contribution in [0, 0.1) is 16.7 Å². The number of aliphatic hydroxyl groups is 2. The van der Waals surface area contributed by atoms with Crippen LogP contribution in [0.4, 0.5) is 0 Å². The molecule has 0 bridgehead atoms. The van der Waals surface area contributed by atoms with Gasteiger partial charge in [0.25, 0.3) is 0 Å². The molecule has 1 unspecified atom stereocenters. The Morgan fingerprint density at radius 3 is 2.18 bits per heavy atom. The van der Waals surface area contributed by atoms with Crippen molar-refractivity contribution in [3.63, 3.8) is 0 Å². The number of carbonyl (C=O) groups excluding carboxylic acids is 1.